The van der Waals surface area contributed by atoms with Gasteiger partial charge in [-0.2, -0.15) is 0 Å². The average Bonchev–Trinajstić information content (AvgIpc) is 2.74. The molecule has 2 N–H and O–H groups in total. The fourth-order valence-corrected chi connectivity index (χ4v) is 2.61. The molecule has 0 saturated carbocycles. The van der Waals surface area contributed by atoms with Gasteiger partial charge in [0.25, 0.3) is 0 Å². The summed E-state index contributed by atoms with van der Waals surface area (Å²) in [5.41, 5.74) is 0.705. The number of rotatable bonds is 10. The minimum absolute atomic E-state index is 0.0187. The molecule has 0 heterocycles. The van der Waals surface area contributed by atoms with Crippen LogP contribution in [0.5, 0.6) is 0 Å². The molecule has 2 rings (SSSR count). The molecule has 0 aliphatic carbocycles. The molecule has 28 heavy (non-hydrogen) atoms. The predicted octanol–water partition coefficient (Wildman–Crippen LogP) is 2.76. The Morgan fingerprint density at radius 2 is 1.43 bits per heavy atom. The van der Waals surface area contributed by atoms with Gasteiger partial charge < -0.3 is 19.7 Å². The van der Waals surface area contributed by atoms with Crippen LogP contribution in [0.15, 0.2) is 73.3 Å². The van der Waals surface area contributed by atoms with Crippen molar-refractivity contribution in [1.29, 1.82) is 0 Å². The molecule has 0 aliphatic rings. The van der Waals surface area contributed by atoms with Crippen molar-refractivity contribution in [3.8, 4) is 0 Å². The summed E-state index contributed by atoms with van der Waals surface area (Å²) in [7, 11) is 0. The molecule has 148 valence electrons. The lowest BCUT2D eigenvalue weighted by molar-refractivity contribution is -0.0569. The highest BCUT2D eigenvalue weighted by Crippen LogP contribution is 2.18. The van der Waals surface area contributed by atoms with E-state index in [0.717, 1.165) is 0 Å². The first kappa shape index (κ1) is 21.3. The molecule has 0 amide bonds. The Morgan fingerprint density at radius 1 is 0.929 bits per heavy atom. The van der Waals surface area contributed by atoms with Crippen LogP contribution >= 0.6 is 0 Å². The van der Waals surface area contributed by atoms with Crippen LogP contribution in [0.1, 0.15) is 33.6 Å². The minimum atomic E-state index is -1.31. The van der Waals surface area contributed by atoms with E-state index in [1.807, 2.05) is 0 Å². The molecule has 0 aromatic heterocycles. The maximum Gasteiger partial charge on any atom is 0.338 e. The van der Waals surface area contributed by atoms with E-state index in [1.54, 1.807) is 66.7 Å². The van der Waals surface area contributed by atoms with E-state index >= 15 is 0 Å². The van der Waals surface area contributed by atoms with E-state index in [9.17, 15) is 19.8 Å². The molecule has 0 saturated heterocycles. The van der Waals surface area contributed by atoms with Crippen LogP contribution in [0.4, 0.5) is 0 Å². The number of aliphatic hydroxyl groups is 2. The van der Waals surface area contributed by atoms with Gasteiger partial charge in [0.1, 0.15) is 18.3 Å². The topological polar surface area (TPSA) is 93.1 Å². The van der Waals surface area contributed by atoms with Gasteiger partial charge in [0.05, 0.1) is 17.7 Å². The zero-order valence-corrected chi connectivity index (χ0v) is 15.4. The van der Waals surface area contributed by atoms with Gasteiger partial charge in [-0.15, -0.1) is 6.58 Å². The first-order chi connectivity index (χ1) is 13.5. The van der Waals surface area contributed by atoms with Crippen LogP contribution in [-0.2, 0) is 9.47 Å². The van der Waals surface area contributed by atoms with Gasteiger partial charge in [-0.25, -0.2) is 9.59 Å². The van der Waals surface area contributed by atoms with Crippen LogP contribution in [0.25, 0.3) is 0 Å². The fourth-order valence-electron chi connectivity index (χ4n) is 2.61. The molecule has 0 aliphatic heterocycles. The van der Waals surface area contributed by atoms with Crippen LogP contribution in [0.3, 0.4) is 0 Å². The number of benzene rings is 2. The van der Waals surface area contributed by atoms with Crippen molar-refractivity contribution in [2.24, 2.45) is 0 Å². The molecule has 0 unspecified atom stereocenters. The van der Waals surface area contributed by atoms with Crippen LogP contribution in [0, 0.1) is 0 Å². The lowest BCUT2D eigenvalue weighted by Crippen LogP contribution is -2.38. The third kappa shape index (κ3) is 6.33. The molecule has 0 fully saturated rings. The number of carbonyl (C=O) groups is 2. The number of hydrogen-bond donors (Lipinski definition) is 2. The quantitative estimate of drug-likeness (QED) is 0.483. The van der Waals surface area contributed by atoms with Gasteiger partial charge in [0.15, 0.2) is 0 Å². The molecular formula is C22H24O6. The number of esters is 2. The van der Waals surface area contributed by atoms with E-state index in [0.29, 0.717) is 17.5 Å². The summed E-state index contributed by atoms with van der Waals surface area (Å²) < 4.78 is 10.9. The predicted molar refractivity (Wildman–Crippen MR) is 104 cm³/mol. The van der Waals surface area contributed by atoms with Gasteiger partial charge >= 0.3 is 11.9 Å². The molecular weight excluding hydrogens is 360 g/mol. The summed E-state index contributed by atoms with van der Waals surface area (Å²) in [5, 5.41) is 19.4. The van der Waals surface area contributed by atoms with E-state index < -0.39 is 36.9 Å². The first-order valence-corrected chi connectivity index (χ1v) is 8.97. The Labute approximate surface area is 164 Å². The number of hydrogen-bond acceptors (Lipinski definition) is 6. The maximum atomic E-state index is 12.3. The fraction of sp³-hybridized carbons (Fsp3) is 0.273. The molecule has 6 heteroatoms. The first-order valence-electron chi connectivity index (χ1n) is 8.97. The van der Waals surface area contributed by atoms with Gasteiger partial charge in [0.2, 0.25) is 0 Å². The van der Waals surface area contributed by atoms with Gasteiger partial charge in [-0.3, -0.25) is 0 Å². The van der Waals surface area contributed by atoms with Crippen molar-refractivity contribution < 1.29 is 29.3 Å². The van der Waals surface area contributed by atoms with E-state index in [-0.39, 0.29) is 6.42 Å². The normalized spacial score (nSPS) is 13.8. The van der Waals surface area contributed by atoms with Crippen molar-refractivity contribution in [2.75, 3.05) is 6.61 Å². The van der Waals surface area contributed by atoms with Crippen molar-refractivity contribution in [3.63, 3.8) is 0 Å². The standard InChI is InChI=1S/C22H24O6/c1-2-9-18(27-21(25)16-10-5-3-6-11-16)14-20(19(24)15-23)28-22(26)17-12-7-4-8-13-17/h2-8,10-13,18-20,23-24H,1,9,14-15H2/t18-,19-,20+/m1/s1. The molecule has 3 atom stereocenters. The Kier molecular flexibility index (Phi) is 8.39. The Morgan fingerprint density at radius 3 is 1.89 bits per heavy atom. The SMILES string of the molecule is C=CC[C@H](C[C@H](OC(=O)c1ccccc1)[C@H](O)CO)OC(=O)c1ccccc1. The van der Waals surface area contributed by atoms with Gasteiger partial charge in [0, 0.05) is 12.8 Å². The maximum absolute atomic E-state index is 12.3. The summed E-state index contributed by atoms with van der Waals surface area (Å²) >= 11 is 0. The van der Waals surface area contributed by atoms with Crippen molar-refractivity contribution in [1.82, 2.24) is 0 Å². The highest BCUT2D eigenvalue weighted by molar-refractivity contribution is 5.90. The molecule has 0 radical (unpaired) electrons. The molecule has 2 aromatic carbocycles. The third-order valence-corrected chi connectivity index (χ3v) is 4.09. The van der Waals surface area contributed by atoms with E-state index in [4.69, 9.17) is 9.47 Å². The second kappa shape index (κ2) is 11.0. The third-order valence-electron chi connectivity index (χ3n) is 4.09. The Bertz CT molecular complexity index is 759. The van der Waals surface area contributed by atoms with E-state index in [1.165, 1.54) is 0 Å². The highest BCUT2D eigenvalue weighted by atomic mass is 16.6. The smallest absolute Gasteiger partial charge is 0.338 e. The monoisotopic (exact) mass is 384 g/mol. The molecule has 0 spiro atoms. The largest absolute Gasteiger partial charge is 0.458 e. The van der Waals surface area contributed by atoms with Crippen molar-refractivity contribution >= 4 is 11.9 Å². The summed E-state index contributed by atoms with van der Waals surface area (Å²) in [6.45, 7) is 3.05. The van der Waals surface area contributed by atoms with Crippen molar-refractivity contribution in [2.45, 2.75) is 31.2 Å². The average molecular weight is 384 g/mol. The lowest BCUT2D eigenvalue weighted by atomic mass is 10.0. The lowest BCUT2D eigenvalue weighted by Gasteiger charge is -2.26. The second-order valence-corrected chi connectivity index (χ2v) is 6.21. The number of carbonyl (C=O) groups excluding carboxylic acids is 2. The summed E-state index contributed by atoms with van der Waals surface area (Å²) in [6.07, 6.45) is -1.15. The zero-order valence-electron chi connectivity index (χ0n) is 15.4. The highest BCUT2D eigenvalue weighted by Gasteiger charge is 2.28. The van der Waals surface area contributed by atoms with E-state index in [2.05, 4.69) is 6.58 Å². The van der Waals surface area contributed by atoms with Crippen LogP contribution < -0.4 is 0 Å². The van der Waals surface area contributed by atoms with Crippen LogP contribution in [-0.4, -0.2) is 47.1 Å². The minimum Gasteiger partial charge on any atom is -0.458 e. The number of ether oxygens (including phenoxy) is 2. The van der Waals surface area contributed by atoms with Crippen LogP contribution in [0.2, 0.25) is 0 Å². The van der Waals surface area contributed by atoms with Gasteiger partial charge in [-0.05, 0) is 24.3 Å². The number of aliphatic hydroxyl groups excluding tert-OH is 2. The second-order valence-electron chi connectivity index (χ2n) is 6.21. The molecule has 6 nitrogen and oxygen atoms in total. The molecule has 2 aromatic rings. The summed E-state index contributed by atoms with van der Waals surface area (Å²) in [4.78, 5) is 24.6. The zero-order chi connectivity index (χ0) is 20.4. The van der Waals surface area contributed by atoms with Crippen molar-refractivity contribution in [3.05, 3.63) is 84.4 Å². The van der Waals surface area contributed by atoms with Gasteiger partial charge in [-0.1, -0.05) is 42.5 Å². The molecule has 0 bridgehead atoms. The Balaban J connectivity index is 2.09. The Hall–Kier alpha value is -2.96. The summed E-state index contributed by atoms with van der Waals surface area (Å²) in [5.74, 6) is -1.16. The summed E-state index contributed by atoms with van der Waals surface area (Å²) in [6, 6.07) is 16.8.